The van der Waals surface area contributed by atoms with Gasteiger partial charge >= 0.3 is 0 Å². The van der Waals surface area contributed by atoms with Crippen LogP contribution in [0.25, 0.3) is 0 Å². The molecule has 2 heteroatoms. The number of hydrogen-bond acceptors (Lipinski definition) is 2. The van der Waals surface area contributed by atoms with Crippen molar-refractivity contribution in [2.45, 2.75) is 53.0 Å². The van der Waals surface area contributed by atoms with Gasteiger partial charge in [0.1, 0.15) is 0 Å². The van der Waals surface area contributed by atoms with Gasteiger partial charge in [0.15, 0.2) is 0 Å². The first-order chi connectivity index (χ1) is 7.91. The zero-order valence-corrected chi connectivity index (χ0v) is 12.1. The monoisotopic (exact) mass is 238 g/mol. The van der Waals surface area contributed by atoms with Crippen LogP contribution >= 0.6 is 0 Å². The lowest BCUT2D eigenvalue weighted by Crippen LogP contribution is -2.49. The van der Waals surface area contributed by atoms with E-state index < -0.39 is 0 Å². The summed E-state index contributed by atoms with van der Waals surface area (Å²) < 4.78 is 0. The third-order valence-corrected chi connectivity index (χ3v) is 5.70. The Hall–Kier alpha value is -0.0800. The highest BCUT2D eigenvalue weighted by atomic mass is 15.1. The quantitative estimate of drug-likeness (QED) is 0.801. The first-order valence-corrected chi connectivity index (χ1v) is 7.39. The average Bonchev–Trinajstić information content (AvgIpc) is 2.66. The van der Waals surface area contributed by atoms with Crippen LogP contribution in [0.2, 0.25) is 0 Å². The first-order valence-electron chi connectivity index (χ1n) is 7.39. The molecule has 0 aromatic carbocycles. The summed E-state index contributed by atoms with van der Waals surface area (Å²) in [6.45, 7) is 13.5. The molecule has 17 heavy (non-hydrogen) atoms. The molecule has 1 aliphatic heterocycles. The van der Waals surface area contributed by atoms with E-state index in [9.17, 15) is 0 Å². The summed E-state index contributed by atoms with van der Waals surface area (Å²) in [5, 5.41) is 0. The summed E-state index contributed by atoms with van der Waals surface area (Å²) in [6, 6.07) is 0.416. The van der Waals surface area contributed by atoms with Crippen molar-refractivity contribution in [3.63, 3.8) is 0 Å². The molecule has 0 aromatic heterocycles. The van der Waals surface area contributed by atoms with Crippen LogP contribution in [-0.4, -0.2) is 30.6 Å². The Bertz CT molecular complexity index is 262. The van der Waals surface area contributed by atoms with Crippen LogP contribution in [0.1, 0.15) is 47.0 Å². The second-order valence-electron chi connectivity index (χ2n) is 7.20. The molecule has 0 aromatic rings. The highest BCUT2D eigenvalue weighted by molar-refractivity contribution is 4.94. The zero-order chi connectivity index (χ0) is 12.6. The van der Waals surface area contributed by atoms with Gasteiger partial charge in [0.05, 0.1) is 0 Å². The molecule has 0 bridgehead atoms. The predicted octanol–water partition coefficient (Wildman–Crippen LogP) is 2.73. The molecule has 4 unspecified atom stereocenters. The maximum absolute atomic E-state index is 6.23. The number of nitrogens with zero attached hydrogens (tertiary/aromatic N) is 1. The molecule has 4 atom stereocenters. The van der Waals surface area contributed by atoms with Crippen LogP contribution in [0.5, 0.6) is 0 Å². The van der Waals surface area contributed by atoms with Crippen molar-refractivity contribution in [3.05, 3.63) is 0 Å². The van der Waals surface area contributed by atoms with Crippen molar-refractivity contribution < 1.29 is 0 Å². The fraction of sp³-hybridized carbons (Fsp3) is 1.00. The first kappa shape index (κ1) is 13.4. The Labute approximate surface area is 107 Å². The molecule has 1 saturated carbocycles. The Morgan fingerprint density at radius 3 is 2.47 bits per heavy atom. The van der Waals surface area contributed by atoms with Crippen molar-refractivity contribution in [1.82, 2.24) is 4.90 Å². The van der Waals surface area contributed by atoms with Crippen LogP contribution < -0.4 is 5.73 Å². The lowest BCUT2D eigenvalue weighted by molar-refractivity contribution is 0.0328. The summed E-state index contributed by atoms with van der Waals surface area (Å²) in [5.74, 6) is 2.39. The Morgan fingerprint density at radius 1 is 1.18 bits per heavy atom. The minimum absolute atomic E-state index is 0.406. The maximum atomic E-state index is 6.23. The molecule has 2 aliphatic rings. The molecule has 2 fully saturated rings. The van der Waals surface area contributed by atoms with E-state index in [4.69, 9.17) is 5.73 Å². The van der Waals surface area contributed by atoms with E-state index in [-0.39, 0.29) is 0 Å². The molecule has 1 aliphatic carbocycles. The number of nitrogens with two attached hydrogens (primary N) is 1. The van der Waals surface area contributed by atoms with Gasteiger partial charge in [-0.3, -0.25) is 0 Å². The van der Waals surface area contributed by atoms with Crippen LogP contribution in [0, 0.1) is 23.2 Å². The predicted molar refractivity (Wildman–Crippen MR) is 73.9 cm³/mol. The summed E-state index contributed by atoms with van der Waals surface area (Å²) >= 11 is 0. The maximum Gasteiger partial charge on any atom is 0.00698 e. The van der Waals surface area contributed by atoms with Gasteiger partial charge in [-0.25, -0.2) is 0 Å². The Kier molecular flexibility index (Phi) is 3.84. The number of likely N-dealkylation sites (tertiary alicyclic amines) is 1. The summed E-state index contributed by atoms with van der Waals surface area (Å²) in [6.07, 6.45) is 3.93. The van der Waals surface area contributed by atoms with E-state index in [1.165, 1.54) is 38.9 Å². The lowest BCUT2D eigenvalue weighted by Gasteiger charge is -2.48. The summed E-state index contributed by atoms with van der Waals surface area (Å²) in [4.78, 5) is 2.68. The fourth-order valence-electron chi connectivity index (χ4n) is 3.77. The van der Waals surface area contributed by atoms with Crippen LogP contribution in [0.15, 0.2) is 0 Å². The topological polar surface area (TPSA) is 29.3 Å². The average molecular weight is 238 g/mol. The molecule has 0 spiro atoms. The summed E-state index contributed by atoms with van der Waals surface area (Å²) in [5.41, 5.74) is 6.64. The van der Waals surface area contributed by atoms with Crippen molar-refractivity contribution in [1.29, 1.82) is 0 Å². The van der Waals surface area contributed by atoms with Gasteiger partial charge in [-0.15, -0.1) is 0 Å². The van der Waals surface area contributed by atoms with Gasteiger partial charge in [0, 0.05) is 19.1 Å². The van der Waals surface area contributed by atoms with Crippen LogP contribution in [0.3, 0.4) is 0 Å². The van der Waals surface area contributed by atoms with Crippen LogP contribution in [-0.2, 0) is 0 Å². The van der Waals surface area contributed by atoms with Gasteiger partial charge < -0.3 is 10.6 Å². The van der Waals surface area contributed by atoms with Gasteiger partial charge in [-0.05, 0) is 49.0 Å². The van der Waals surface area contributed by atoms with Crippen molar-refractivity contribution >= 4 is 0 Å². The normalized spacial score (nSPS) is 42.9. The molecule has 0 amide bonds. The highest BCUT2D eigenvalue weighted by Crippen LogP contribution is 2.44. The van der Waals surface area contributed by atoms with Crippen molar-refractivity contribution in [3.8, 4) is 0 Å². The van der Waals surface area contributed by atoms with Gasteiger partial charge in [0.25, 0.3) is 0 Å². The van der Waals surface area contributed by atoms with E-state index in [2.05, 4.69) is 32.6 Å². The molecule has 2 nitrogen and oxygen atoms in total. The second kappa shape index (κ2) is 4.89. The second-order valence-corrected chi connectivity index (χ2v) is 7.20. The standard InChI is InChI=1S/C15H30N2/c1-11-7-8-17(9-11)10-13-5-6-14(16)12(2)15(13,3)4/h11-14H,5-10,16H2,1-4H3. The molecule has 1 heterocycles. The van der Waals surface area contributed by atoms with E-state index >= 15 is 0 Å². The minimum atomic E-state index is 0.406. The van der Waals surface area contributed by atoms with Crippen molar-refractivity contribution in [2.24, 2.45) is 28.9 Å². The smallest absolute Gasteiger partial charge is 0.00698 e. The molecule has 2 rings (SSSR count). The molecule has 0 radical (unpaired) electrons. The number of rotatable bonds is 2. The van der Waals surface area contributed by atoms with Gasteiger partial charge in [0.2, 0.25) is 0 Å². The van der Waals surface area contributed by atoms with E-state index in [1.54, 1.807) is 0 Å². The van der Waals surface area contributed by atoms with Gasteiger partial charge in [-0.1, -0.05) is 27.7 Å². The Balaban J connectivity index is 1.96. The number of hydrogen-bond donors (Lipinski definition) is 1. The van der Waals surface area contributed by atoms with E-state index in [0.29, 0.717) is 17.4 Å². The highest BCUT2D eigenvalue weighted by Gasteiger charge is 2.42. The third-order valence-electron chi connectivity index (χ3n) is 5.70. The molecular formula is C15H30N2. The minimum Gasteiger partial charge on any atom is -0.327 e. The SMILES string of the molecule is CC1CCN(CC2CCC(N)C(C)C2(C)C)C1. The molecule has 2 N–H and O–H groups in total. The summed E-state index contributed by atoms with van der Waals surface area (Å²) in [7, 11) is 0. The molecular weight excluding hydrogens is 208 g/mol. The van der Waals surface area contributed by atoms with Crippen LogP contribution in [0.4, 0.5) is 0 Å². The fourth-order valence-corrected chi connectivity index (χ4v) is 3.77. The third kappa shape index (κ3) is 2.68. The van der Waals surface area contributed by atoms with Crippen molar-refractivity contribution in [2.75, 3.05) is 19.6 Å². The Morgan fingerprint density at radius 2 is 1.88 bits per heavy atom. The van der Waals surface area contributed by atoms with E-state index in [0.717, 1.165) is 11.8 Å². The zero-order valence-electron chi connectivity index (χ0n) is 12.1. The largest absolute Gasteiger partial charge is 0.327 e. The van der Waals surface area contributed by atoms with Gasteiger partial charge in [-0.2, -0.15) is 0 Å². The van der Waals surface area contributed by atoms with E-state index in [1.807, 2.05) is 0 Å². The lowest BCUT2D eigenvalue weighted by atomic mass is 9.61. The molecule has 100 valence electrons. The molecule has 1 saturated heterocycles.